The third-order valence-corrected chi connectivity index (χ3v) is 3.40. The molecule has 0 saturated heterocycles. The zero-order valence-corrected chi connectivity index (χ0v) is 13.6. The number of benzene rings is 1. The van der Waals surface area contributed by atoms with Crippen LogP contribution < -0.4 is 5.73 Å². The first-order valence-corrected chi connectivity index (χ1v) is 6.47. The third kappa shape index (κ3) is 4.75. The lowest BCUT2D eigenvalue weighted by molar-refractivity contribution is 0.0735. The van der Waals surface area contributed by atoms with Gasteiger partial charge in [-0.25, -0.2) is 4.39 Å². The summed E-state index contributed by atoms with van der Waals surface area (Å²) in [6.45, 7) is 4.87. The number of nitrogens with two attached hydrogens (primary N) is 1. The SMILES string of the molecule is CN(CC(C)(C)CN)C(=O)c1c(F)cccc1Br.Cl. The molecule has 0 radical (unpaired) electrons. The molecule has 0 spiro atoms. The van der Waals surface area contributed by atoms with E-state index in [1.165, 1.54) is 11.0 Å². The highest BCUT2D eigenvalue weighted by atomic mass is 79.9. The Hall–Kier alpha value is -0.650. The summed E-state index contributed by atoms with van der Waals surface area (Å²) in [6.07, 6.45) is 0. The van der Waals surface area contributed by atoms with Gasteiger partial charge in [0.15, 0.2) is 0 Å². The van der Waals surface area contributed by atoms with Crippen LogP contribution >= 0.6 is 28.3 Å². The summed E-state index contributed by atoms with van der Waals surface area (Å²) in [4.78, 5) is 13.7. The Bertz CT molecular complexity index is 434. The van der Waals surface area contributed by atoms with Crippen molar-refractivity contribution in [2.45, 2.75) is 13.8 Å². The Labute approximate surface area is 127 Å². The molecule has 0 aliphatic carbocycles. The molecule has 0 saturated carbocycles. The van der Waals surface area contributed by atoms with Crippen LogP contribution in [0.4, 0.5) is 4.39 Å². The van der Waals surface area contributed by atoms with Gasteiger partial charge in [-0.05, 0) is 40.0 Å². The second kappa shape index (κ2) is 7.22. The van der Waals surface area contributed by atoms with Gasteiger partial charge in [-0.1, -0.05) is 19.9 Å². The molecular formula is C13H19BrClFN2O. The average Bonchev–Trinajstić information content (AvgIpc) is 2.28. The van der Waals surface area contributed by atoms with E-state index >= 15 is 0 Å². The maximum Gasteiger partial charge on any atom is 0.257 e. The summed E-state index contributed by atoms with van der Waals surface area (Å²) in [7, 11) is 1.65. The summed E-state index contributed by atoms with van der Waals surface area (Å²) in [5, 5.41) is 0. The van der Waals surface area contributed by atoms with Gasteiger partial charge in [0.05, 0.1) is 5.56 Å². The highest BCUT2D eigenvalue weighted by Crippen LogP contribution is 2.22. The first-order chi connectivity index (χ1) is 8.28. The number of carbonyl (C=O) groups excluding carboxylic acids is 1. The standard InChI is InChI=1S/C13H18BrFN2O.ClH/c1-13(2,7-16)8-17(3)12(18)11-9(14)5-4-6-10(11)15;/h4-6H,7-8,16H2,1-3H3;1H. The van der Waals surface area contributed by atoms with Crippen LogP contribution in [-0.2, 0) is 0 Å². The fourth-order valence-electron chi connectivity index (χ4n) is 1.67. The van der Waals surface area contributed by atoms with Crippen molar-refractivity contribution < 1.29 is 9.18 Å². The van der Waals surface area contributed by atoms with Gasteiger partial charge in [0.2, 0.25) is 0 Å². The number of carbonyl (C=O) groups is 1. The third-order valence-electron chi connectivity index (χ3n) is 2.74. The van der Waals surface area contributed by atoms with E-state index in [-0.39, 0.29) is 29.3 Å². The molecule has 2 N–H and O–H groups in total. The molecule has 1 rings (SSSR count). The second-order valence-corrected chi connectivity index (χ2v) is 5.98. The van der Waals surface area contributed by atoms with Crippen LogP contribution in [0.15, 0.2) is 22.7 Å². The minimum absolute atomic E-state index is 0. The molecule has 108 valence electrons. The van der Waals surface area contributed by atoms with Crippen molar-refractivity contribution in [3.63, 3.8) is 0 Å². The quantitative estimate of drug-likeness (QED) is 0.904. The van der Waals surface area contributed by atoms with Crippen LogP contribution in [0.1, 0.15) is 24.2 Å². The zero-order valence-electron chi connectivity index (χ0n) is 11.2. The first kappa shape index (κ1) is 18.4. The van der Waals surface area contributed by atoms with E-state index in [4.69, 9.17) is 5.73 Å². The molecule has 0 heterocycles. The summed E-state index contributed by atoms with van der Waals surface area (Å²) < 4.78 is 14.1. The highest BCUT2D eigenvalue weighted by Gasteiger charge is 2.24. The van der Waals surface area contributed by atoms with Gasteiger partial charge in [-0.3, -0.25) is 4.79 Å². The second-order valence-electron chi connectivity index (χ2n) is 5.13. The molecular weight excluding hydrogens is 335 g/mol. The van der Waals surface area contributed by atoms with Crippen LogP contribution in [-0.4, -0.2) is 30.9 Å². The molecule has 0 aliphatic heterocycles. The summed E-state index contributed by atoms with van der Waals surface area (Å²) >= 11 is 3.20. The molecule has 1 aromatic rings. The number of nitrogens with zero attached hydrogens (tertiary/aromatic N) is 1. The van der Waals surface area contributed by atoms with Crippen molar-refractivity contribution in [3.8, 4) is 0 Å². The molecule has 0 aliphatic rings. The Morgan fingerprint density at radius 1 is 1.47 bits per heavy atom. The molecule has 19 heavy (non-hydrogen) atoms. The Kier molecular flexibility index (Phi) is 6.97. The molecule has 3 nitrogen and oxygen atoms in total. The van der Waals surface area contributed by atoms with Crippen molar-refractivity contribution in [1.82, 2.24) is 4.90 Å². The normalized spacial score (nSPS) is 10.8. The highest BCUT2D eigenvalue weighted by molar-refractivity contribution is 9.10. The average molecular weight is 354 g/mol. The lowest BCUT2D eigenvalue weighted by Crippen LogP contribution is -2.40. The van der Waals surface area contributed by atoms with Crippen molar-refractivity contribution in [1.29, 1.82) is 0 Å². The van der Waals surface area contributed by atoms with E-state index in [2.05, 4.69) is 15.9 Å². The molecule has 0 atom stereocenters. The molecule has 0 unspecified atom stereocenters. The van der Waals surface area contributed by atoms with E-state index in [0.717, 1.165) is 0 Å². The number of rotatable bonds is 4. The van der Waals surface area contributed by atoms with Crippen LogP contribution in [0.25, 0.3) is 0 Å². The minimum atomic E-state index is -0.522. The van der Waals surface area contributed by atoms with Gasteiger partial charge in [0.1, 0.15) is 5.82 Å². The molecule has 0 fully saturated rings. The molecule has 6 heteroatoms. The van der Waals surface area contributed by atoms with Gasteiger partial charge in [0, 0.05) is 18.1 Å². The number of halogens is 3. The van der Waals surface area contributed by atoms with E-state index in [1.54, 1.807) is 19.2 Å². The maximum absolute atomic E-state index is 13.7. The van der Waals surface area contributed by atoms with Crippen molar-refractivity contribution in [2.75, 3.05) is 20.1 Å². The van der Waals surface area contributed by atoms with Gasteiger partial charge < -0.3 is 10.6 Å². The molecule has 1 amide bonds. The van der Waals surface area contributed by atoms with Crippen LogP contribution in [0.5, 0.6) is 0 Å². The lowest BCUT2D eigenvalue weighted by atomic mass is 9.93. The van der Waals surface area contributed by atoms with Gasteiger partial charge in [-0.15, -0.1) is 12.4 Å². The van der Waals surface area contributed by atoms with Crippen LogP contribution in [0, 0.1) is 11.2 Å². The molecule has 0 bridgehead atoms. The first-order valence-electron chi connectivity index (χ1n) is 5.68. The van der Waals surface area contributed by atoms with Crippen LogP contribution in [0.2, 0.25) is 0 Å². The van der Waals surface area contributed by atoms with E-state index in [9.17, 15) is 9.18 Å². The van der Waals surface area contributed by atoms with E-state index in [0.29, 0.717) is 17.6 Å². The Morgan fingerprint density at radius 2 is 2.05 bits per heavy atom. The van der Waals surface area contributed by atoms with Gasteiger partial charge in [-0.2, -0.15) is 0 Å². The fourth-order valence-corrected chi connectivity index (χ4v) is 2.18. The number of amides is 1. The minimum Gasteiger partial charge on any atom is -0.341 e. The van der Waals surface area contributed by atoms with Gasteiger partial charge >= 0.3 is 0 Å². The summed E-state index contributed by atoms with van der Waals surface area (Å²) in [6, 6.07) is 4.48. The van der Waals surface area contributed by atoms with Gasteiger partial charge in [0.25, 0.3) is 5.91 Å². The predicted octanol–water partition coefficient (Wildman–Crippen LogP) is 3.07. The predicted molar refractivity (Wildman–Crippen MR) is 81.1 cm³/mol. The van der Waals surface area contributed by atoms with E-state index < -0.39 is 5.82 Å². The summed E-state index contributed by atoms with van der Waals surface area (Å²) in [5.74, 6) is -0.867. The number of hydrogen-bond acceptors (Lipinski definition) is 2. The Balaban J connectivity index is 0.00000324. The zero-order chi connectivity index (χ0) is 13.9. The largest absolute Gasteiger partial charge is 0.341 e. The smallest absolute Gasteiger partial charge is 0.257 e. The Morgan fingerprint density at radius 3 is 2.53 bits per heavy atom. The fraction of sp³-hybridized carbons (Fsp3) is 0.462. The van der Waals surface area contributed by atoms with Crippen LogP contribution in [0.3, 0.4) is 0 Å². The topological polar surface area (TPSA) is 46.3 Å². The van der Waals surface area contributed by atoms with E-state index in [1.807, 2.05) is 13.8 Å². The molecule has 1 aromatic carbocycles. The monoisotopic (exact) mass is 352 g/mol. The van der Waals surface area contributed by atoms with Crippen molar-refractivity contribution >= 4 is 34.2 Å². The molecule has 0 aromatic heterocycles. The number of hydrogen-bond donors (Lipinski definition) is 1. The lowest BCUT2D eigenvalue weighted by Gasteiger charge is -2.29. The van der Waals surface area contributed by atoms with Crippen molar-refractivity contribution in [3.05, 3.63) is 34.1 Å². The summed E-state index contributed by atoms with van der Waals surface area (Å²) in [5.41, 5.74) is 5.50. The van der Waals surface area contributed by atoms with Crippen molar-refractivity contribution in [2.24, 2.45) is 11.1 Å². The maximum atomic E-state index is 13.7.